The van der Waals surface area contributed by atoms with E-state index in [-0.39, 0.29) is 11.6 Å². The van der Waals surface area contributed by atoms with Gasteiger partial charge < -0.3 is 10.1 Å². The zero-order valence-corrected chi connectivity index (χ0v) is 15.7. The Morgan fingerprint density at radius 3 is 2.52 bits per heavy atom. The molecule has 21 heavy (non-hydrogen) atoms. The van der Waals surface area contributed by atoms with E-state index in [1.165, 1.54) is 12.0 Å². The number of hydrogen-bond donors (Lipinski definition) is 1. The monoisotopic (exact) mass is 355 g/mol. The van der Waals surface area contributed by atoms with Crippen LogP contribution in [0.3, 0.4) is 0 Å². The molecule has 3 heteroatoms. The van der Waals surface area contributed by atoms with E-state index in [9.17, 15) is 0 Å². The van der Waals surface area contributed by atoms with Crippen LogP contribution in [-0.4, -0.2) is 18.7 Å². The molecule has 2 nitrogen and oxygen atoms in total. The zero-order chi connectivity index (χ0) is 15.9. The fourth-order valence-corrected chi connectivity index (χ4v) is 2.51. The lowest BCUT2D eigenvalue weighted by atomic mass is 10.1. The standard InChI is InChI=1S/C18H30BrNO/c1-14(2)8-7-11-21-17(13-20-18(3,4)5)15-9-6-10-16(19)12-15/h6,9-10,12,14,17,20H,7-8,11,13H2,1-5H3. The van der Waals surface area contributed by atoms with Crippen LogP contribution in [0, 0.1) is 5.92 Å². The van der Waals surface area contributed by atoms with Crippen molar-refractivity contribution in [2.45, 2.75) is 59.1 Å². The third kappa shape index (κ3) is 8.60. The molecule has 120 valence electrons. The first kappa shape index (κ1) is 18.7. The average molecular weight is 356 g/mol. The van der Waals surface area contributed by atoms with Crippen molar-refractivity contribution < 1.29 is 4.74 Å². The third-order valence-electron chi connectivity index (χ3n) is 3.28. The van der Waals surface area contributed by atoms with Crippen LogP contribution in [-0.2, 0) is 4.74 Å². The van der Waals surface area contributed by atoms with Gasteiger partial charge in [0.25, 0.3) is 0 Å². The molecule has 1 aromatic rings. The maximum Gasteiger partial charge on any atom is 0.0949 e. The molecular weight excluding hydrogens is 326 g/mol. The maximum atomic E-state index is 6.15. The second-order valence-corrected chi connectivity index (χ2v) is 8.00. The summed E-state index contributed by atoms with van der Waals surface area (Å²) in [6.45, 7) is 12.7. The third-order valence-corrected chi connectivity index (χ3v) is 3.78. The van der Waals surface area contributed by atoms with Gasteiger partial charge in [0, 0.05) is 23.2 Å². The molecule has 1 unspecified atom stereocenters. The molecule has 0 amide bonds. The van der Waals surface area contributed by atoms with Crippen LogP contribution in [0.5, 0.6) is 0 Å². The lowest BCUT2D eigenvalue weighted by Gasteiger charge is -2.26. The van der Waals surface area contributed by atoms with Crippen molar-refractivity contribution in [2.75, 3.05) is 13.2 Å². The summed E-state index contributed by atoms with van der Waals surface area (Å²) in [6.07, 6.45) is 2.45. The number of hydrogen-bond acceptors (Lipinski definition) is 2. The Hall–Kier alpha value is -0.380. The molecule has 0 fully saturated rings. The molecule has 0 aliphatic carbocycles. The summed E-state index contributed by atoms with van der Waals surface area (Å²) in [6, 6.07) is 8.41. The van der Waals surface area contributed by atoms with E-state index < -0.39 is 0 Å². The summed E-state index contributed by atoms with van der Waals surface area (Å²) >= 11 is 3.55. The van der Waals surface area contributed by atoms with Crippen molar-refractivity contribution in [3.05, 3.63) is 34.3 Å². The highest BCUT2D eigenvalue weighted by Crippen LogP contribution is 2.22. The van der Waals surface area contributed by atoms with Crippen LogP contribution in [0.25, 0.3) is 0 Å². The molecule has 0 aliphatic heterocycles. The van der Waals surface area contributed by atoms with E-state index in [0.717, 1.165) is 30.0 Å². The van der Waals surface area contributed by atoms with Crippen molar-refractivity contribution in [3.8, 4) is 0 Å². The van der Waals surface area contributed by atoms with Gasteiger partial charge >= 0.3 is 0 Å². The minimum Gasteiger partial charge on any atom is -0.372 e. The smallest absolute Gasteiger partial charge is 0.0949 e. The first-order valence-corrected chi connectivity index (χ1v) is 8.69. The van der Waals surface area contributed by atoms with Gasteiger partial charge in [0.1, 0.15) is 0 Å². The van der Waals surface area contributed by atoms with E-state index in [2.05, 4.69) is 80.1 Å². The van der Waals surface area contributed by atoms with Gasteiger partial charge in [-0.25, -0.2) is 0 Å². The molecule has 0 radical (unpaired) electrons. The van der Waals surface area contributed by atoms with E-state index >= 15 is 0 Å². The van der Waals surface area contributed by atoms with Crippen molar-refractivity contribution in [2.24, 2.45) is 5.92 Å². The summed E-state index contributed by atoms with van der Waals surface area (Å²) in [5, 5.41) is 3.55. The Morgan fingerprint density at radius 2 is 1.95 bits per heavy atom. The van der Waals surface area contributed by atoms with Crippen molar-refractivity contribution in [3.63, 3.8) is 0 Å². The van der Waals surface area contributed by atoms with Crippen LogP contribution in [0.4, 0.5) is 0 Å². The van der Waals surface area contributed by atoms with Gasteiger partial charge in [-0.2, -0.15) is 0 Å². The van der Waals surface area contributed by atoms with Gasteiger partial charge in [-0.05, 0) is 57.2 Å². The van der Waals surface area contributed by atoms with Crippen LogP contribution < -0.4 is 5.32 Å². The predicted octanol–water partition coefficient (Wildman–Crippen LogP) is 5.33. The Kier molecular flexibility index (Phi) is 7.93. The van der Waals surface area contributed by atoms with Gasteiger partial charge in [0.15, 0.2) is 0 Å². The lowest BCUT2D eigenvalue weighted by molar-refractivity contribution is 0.0445. The first-order chi connectivity index (χ1) is 9.78. The first-order valence-electron chi connectivity index (χ1n) is 7.90. The fraction of sp³-hybridized carbons (Fsp3) is 0.667. The van der Waals surface area contributed by atoms with Gasteiger partial charge in [-0.1, -0.05) is 41.9 Å². The Labute approximate surface area is 138 Å². The molecule has 0 heterocycles. The largest absolute Gasteiger partial charge is 0.372 e. The second-order valence-electron chi connectivity index (χ2n) is 7.08. The minimum absolute atomic E-state index is 0.103. The predicted molar refractivity (Wildman–Crippen MR) is 94.7 cm³/mol. The Balaban J connectivity index is 2.61. The highest BCUT2D eigenvalue weighted by atomic mass is 79.9. The second kappa shape index (κ2) is 8.92. The van der Waals surface area contributed by atoms with E-state index in [1.54, 1.807) is 0 Å². The molecular formula is C18H30BrNO. The van der Waals surface area contributed by atoms with Gasteiger partial charge in [-0.15, -0.1) is 0 Å². The summed E-state index contributed by atoms with van der Waals surface area (Å²) in [5.74, 6) is 0.741. The maximum absolute atomic E-state index is 6.15. The molecule has 0 aliphatic rings. The fourth-order valence-electron chi connectivity index (χ4n) is 2.10. The molecule has 1 aromatic carbocycles. The molecule has 1 rings (SSSR count). The zero-order valence-electron chi connectivity index (χ0n) is 14.1. The topological polar surface area (TPSA) is 21.3 Å². The molecule has 1 atom stereocenters. The normalized spacial score (nSPS) is 13.7. The quantitative estimate of drug-likeness (QED) is 0.636. The van der Waals surface area contributed by atoms with Crippen molar-refractivity contribution >= 4 is 15.9 Å². The van der Waals surface area contributed by atoms with Gasteiger partial charge in [-0.3, -0.25) is 0 Å². The van der Waals surface area contributed by atoms with E-state index in [1.807, 2.05) is 0 Å². The Morgan fingerprint density at radius 1 is 1.24 bits per heavy atom. The SMILES string of the molecule is CC(C)CCCOC(CNC(C)(C)C)c1cccc(Br)c1. The van der Waals surface area contributed by atoms with Crippen molar-refractivity contribution in [1.82, 2.24) is 5.32 Å². The molecule has 1 N–H and O–H groups in total. The number of nitrogens with one attached hydrogen (secondary N) is 1. The molecule has 0 saturated carbocycles. The van der Waals surface area contributed by atoms with Crippen molar-refractivity contribution in [1.29, 1.82) is 0 Å². The number of halogens is 1. The number of rotatable bonds is 8. The van der Waals surface area contributed by atoms with E-state index in [0.29, 0.717) is 0 Å². The highest BCUT2D eigenvalue weighted by Gasteiger charge is 2.16. The summed E-state index contributed by atoms with van der Waals surface area (Å²) in [4.78, 5) is 0. The Bertz CT molecular complexity index is 412. The van der Waals surface area contributed by atoms with Crippen LogP contribution >= 0.6 is 15.9 Å². The molecule has 0 spiro atoms. The van der Waals surface area contributed by atoms with Gasteiger partial charge in [0.2, 0.25) is 0 Å². The van der Waals surface area contributed by atoms with Crippen LogP contribution in [0.15, 0.2) is 28.7 Å². The minimum atomic E-state index is 0.103. The lowest BCUT2D eigenvalue weighted by Crippen LogP contribution is -2.39. The molecule has 0 saturated heterocycles. The van der Waals surface area contributed by atoms with Crippen LogP contribution in [0.2, 0.25) is 0 Å². The van der Waals surface area contributed by atoms with Gasteiger partial charge in [0.05, 0.1) is 6.10 Å². The summed E-state index contributed by atoms with van der Waals surface area (Å²) < 4.78 is 7.25. The highest BCUT2D eigenvalue weighted by molar-refractivity contribution is 9.10. The average Bonchev–Trinajstić information content (AvgIpc) is 2.36. The summed E-state index contributed by atoms with van der Waals surface area (Å²) in [7, 11) is 0. The number of benzene rings is 1. The van der Waals surface area contributed by atoms with E-state index in [4.69, 9.17) is 4.74 Å². The molecule has 0 bridgehead atoms. The molecule has 0 aromatic heterocycles. The summed E-state index contributed by atoms with van der Waals surface area (Å²) in [5.41, 5.74) is 1.33. The number of ether oxygens (including phenoxy) is 1. The van der Waals surface area contributed by atoms with Crippen LogP contribution in [0.1, 0.15) is 59.1 Å².